The first-order valence-corrected chi connectivity index (χ1v) is 9.64. The number of para-hydroxylation sites is 1. The van der Waals surface area contributed by atoms with Crippen LogP contribution in [0.25, 0.3) is 16.4 Å². The summed E-state index contributed by atoms with van der Waals surface area (Å²) in [6.07, 6.45) is 1.44. The molecule has 0 aliphatic carbocycles. The van der Waals surface area contributed by atoms with Gasteiger partial charge in [0.2, 0.25) is 11.6 Å². The van der Waals surface area contributed by atoms with E-state index in [1.54, 1.807) is 18.2 Å². The monoisotopic (exact) mass is 440 g/mol. The molecule has 13 heteroatoms. The van der Waals surface area contributed by atoms with Crippen LogP contribution in [0.1, 0.15) is 16.1 Å². The highest BCUT2D eigenvalue weighted by atomic mass is 32.1. The minimum absolute atomic E-state index is 0.0119. The Morgan fingerprint density at radius 3 is 2.81 bits per heavy atom. The second-order valence-electron chi connectivity index (χ2n) is 5.93. The van der Waals surface area contributed by atoms with Gasteiger partial charge in [0.1, 0.15) is 5.69 Å². The van der Waals surface area contributed by atoms with Crippen molar-refractivity contribution in [3.63, 3.8) is 0 Å². The predicted octanol–water partition coefficient (Wildman–Crippen LogP) is 1.74. The van der Waals surface area contributed by atoms with Crippen molar-refractivity contribution in [2.45, 2.75) is 0 Å². The van der Waals surface area contributed by atoms with E-state index in [2.05, 4.69) is 35.8 Å². The van der Waals surface area contributed by atoms with E-state index in [1.807, 2.05) is 17.5 Å². The van der Waals surface area contributed by atoms with Crippen LogP contribution < -0.4 is 20.6 Å². The Balaban J connectivity index is 1.64. The summed E-state index contributed by atoms with van der Waals surface area (Å²) >= 11 is 1.39. The fourth-order valence-electron chi connectivity index (χ4n) is 2.78. The van der Waals surface area contributed by atoms with Crippen LogP contribution in [0.5, 0.6) is 11.5 Å². The number of nitrogens with zero attached hydrogens (tertiary/aromatic N) is 6. The smallest absolute Gasteiger partial charge is 0.294 e. The number of benzene rings is 1. The van der Waals surface area contributed by atoms with Gasteiger partial charge in [-0.1, -0.05) is 17.3 Å². The largest absolute Gasteiger partial charge is 0.493 e. The Labute approximate surface area is 179 Å². The van der Waals surface area contributed by atoms with Gasteiger partial charge in [0.25, 0.3) is 5.91 Å². The van der Waals surface area contributed by atoms with Crippen molar-refractivity contribution in [2.24, 2.45) is 5.10 Å². The Morgan fingerprint density at radius 1 is 1.26 bits per heavy atom. The van der Waals surface area contributed by atoms with Crippen molar-refractivity contribution in [1.82, 2.24) is 30.7 Å². The topological polar surface area (TPSA) is 156 Å². The number of nitrogens with one attached hydrogen (secondary N) is 1. The number of hydrogen-bond acceptors (Lipinski definition) is 11. The van der Waals surface area contributed by atoms with Crippen molar-refractivity contribution in [3.05, 3.63) is 47.0 Å². The zero-order valence-corrected chi connectivity index (χ0v) is 17.2. The molecule has 3 heterocycles. The number of thiophene rings is 1. The van der Waals surface area contributed by atoms with E-state index < -0.39 is 5.91 Å². The molecule has 0 aliphatic rings. The van der Waals surface area contributed by atoms with Gasteiger partial charge in [0.05, 0.1) is 25.3 Å². The number of methoxy groups -OCH3 is 2. The van der Waals surface area contributed by atoms with Gasteiger partial charge in [-0.15, -0.1) is 16.4 Å². The second-order valence-corrected chi connectivity index (χ2v) is 6.88. The SMILES string of the molecule is COc1cccc(/C=N\NC(=O)c2nnn(-c3nonc3N)c2-c2cccs2)c1OC. The van der Waals surface area contributed by atoms with Crippen molar-refractivity contribution >= 4 is 29.3 Å². The van der Waals surface area contributed by atoms with Crippen LogP contribution in [0.15, 0.2) is 45.4 Å². The second kappa shape index (κ2) is 8.62. The third kappa shape index (κ3) is 3.81. The van der Waals surface area contributed by atoms with E-state index in [4.69, 9.17) is 15.2 Å². The van der Waals surface area contributed by atoms with E-state index in [9.17, 15) is 4.79 Å². The Hall–Kier alpha value is -4.26. The standard InChI is InChI=1S/C18H16N8O4S/c1-28-11-6-3-5-10(15(11)29-2)9-20-22-18(27)13-14(12-7-4-8-31-12)26(25-21-13)17-16(19)23-30-24-17/h3-9H,1-2H3,(H2,19,23)(H,22,27)/b20-9-. The predicted molar refractivity (Wildman–Crippen MR) is 112 cm³/mol. The molecule has 0 saturated heterocycles. The van der Waals surface area contributed by atoms with Crippen molar-refractivity contribution in [3.8, 4) is 27.9 Å². The van der Waals surface area contributed by atoms with Crippen LogP contribution >= 0.6 is 11.3 Å². The summed E-state index contributed by atoms with van der Waals surface area (Å²) in [7, 11) is 3.05. The Bertz CT molecular complexity index is 1230. The number of hydrogen-bond donors (Lipinski definition) is 2. The fourth-order valence-corrected chi connectivity index (χ4v) is 3.54. The van der Waals surface area contributed by atoms with Crippen molar-refractivity contribution in [2.75, 3.05) is 20.0 Å². The number of carbonyl (C=O) groups is 1. The van der Waals surface area contributed by atoms with Crippen molar-refractivity contribution < 1.29 is 18.9 Å². The fraction of sp³-hybridized carbons (Fsp3) is 0.111. The highest BCUT2D eigenvalue weighted by molar-refractivity contribution is 7.13. The van der Waals surface area contributed by atoms with E-state index in [-0.39, 0.29) is 17.3 Å². The molecule has 0 spiro atoms. The number of aromatic nitrogens is 5. The maximum absolute atomic E-state index is 12.8. The molecule has 0 aliphatic heterocycles. The zero-order chi connectivity index (χ0) is 21.8. The van der Waals surface area contributed by atoms with Crippen LogP contribution in [0.4, 0.5) is 5.82 Å². The maximum Gasteiger partial charge on any atom is 0.294 e. The lowest BCUT2D eigenvalue weighted by Gasteiger charge is -2.09. The molecule has 0 bridgehead atoms. The van der Waals surface area contributed by atoms with Crippen LogP contribution in [0.3, 0.4) is 0 Å². The lowest BCUT2D eigenvalue weighted by atomic mass is 10.2. The molecule has 1 aromatic carbocycles. The van der Waals surface area contributed by atoms with Gasteiger partial charge in [-0.25, -0.2) is 10.1 Å². The summed E-state index contributed by atoms with van der Waals surface area (Å²) in [6, 6.07) is 8.94. The first-order chi connectivity index (χ1) is 15.1. The number of amides is 1. The minimum Gasteiger partial charge on any atom is -0.493 e. The molecule has 0 saturated carbocycles. The molecule has 4 aromatic rings. The molecule has 3 aromatic heterocycles. The molecule has 3 N–H and O–H groups in total. The van der Waals surface area contributed by atoms with Crippen molar-refractivity contribution in [1.29, 1.82) is 0 Å². The molecular weight excluding hydrogens is 424 g/mol. The molecule has 0 atom stereocenters. The van der Waals surface area contributed by atoms with Gasteiger partial charge in [0.15, 0.2) is 17.2 Å². The van der Waals surface area contributed by atoms with Gasteiger partial charge in [0, 0.05) is 5.56 Å². The summed E-state index contributed by atoms with van der Waals surface area (Å²) < 4.78 is 16.5. The molecule has 1 amide bonds. The van der Waals surface area contributed by atoms with Gasteiger partial charge in [-0.05, 0) is 33.9 Å². The van der Waals surface area contributed by atoms with E-state index >= 15 is 0 Å². The average Bonchev–Trinajstić information content (AvgIpc) is 3.53. The summed E-state index contributed by atoms with van der Waals surface area (Å²) in [4.78, 5) is 13.5. The average molecular weight is 440 g/mol. The normalized spacial score (nSPS) is 11.0. The third-order valence-corrected chi connectivity index (χ3v) is 5.02. The van der Waals surface area contributed by atoms with Gasteiger partial charge in [-0.2, -0.15) is 9.78 Å². The molecule has 31 heavy (non-hydrogen) atoms. The van der Waals surface area contributed by atoms with E-state index in [1.165, 1.54) is 36.5 Å². The summed E-state index contributed by atoms with van der Waals surface area (Å²) in [5, 5.41) is 21.1. The minimum atomic E-state index is -0.581. The lowest BCUT2D eigenvalue weighted by molar-refractivity contribution is 0.0950. The zero-order valence-electron chi connectivity index (χ0n) is 16.3. The van der Waals surface area contributed by atoms with Crippen LogP contribution in [-0.2, 0) is 0 Å². The molecule has 0 fully saturated rings. The highest BCUT2D eigenvalue weighted by Crippen LogP contribution is 2.30. The number of carbonyl (C=O) groups excluding carboxylic acids is 1. The van der Waals surface area contributed by atoms with Gasteiger partial charge in [-0.3, -0.25) is 4.79 Å². The van der Waals surface area contributed by atoms with E-state index in [0.717, 1.165) is 4.88 Å². The Kier molecular flexibility index (Phi) is 5.57. The third-order valence-electron chi connectivity index (χ3n) is 4.14. The first kappa shape index (κ1) is 20.0. The quantitative estimate of drug-likeness (QED) is 0.323. The lowest BCUT2D eigenvalue weighted by Crippen LogP contribution is -2.19. The van der Waals surface area contributed by atoms with Gasteiger partial charge < -0.3 is 15.2 Å². The van der Waals surface area contributed by atoms with Crippen LogP contribution in [0, 0.1) is 0 Å². The van der Waals surface area contributed by atoms with Gasteiger partial charge >= 0.3 is 0 Å². The number of nitrogen functional groups attached to an aromatic ring is 1. The molecule has 158 valence electrons. The molecule has 0 unspecified atom stereocenters. The number of rotatable bonds is 7. The number of anilines is 1. The molecule has 0 radical (unpaired) electrons. The van der Waals surface area contributed by atoms with Crippen LogP contribution in [0.2, 0.25) is 0 Å². The number of ether oxygens (including phenoxy) is 2. The maximum atomic E-state index is 12.8. The highest BCUT2D eigenvalue weighted by Gasteiger charge is 2.25. The molecule has 4 rings (SSSR count). The number of hydrazone groups is 1. The molecule has 12 nitrogen and oxygen atoms in total. The van der Waals surface area contributed by atoms with E-state index in [0.29, 0.717) is 22.8 Å². The first-order valence-electron chi connectivity index (χ1n) is 8.76. The summed E-state index contributed by atoms with van der Waals surface area (Å²) in [6.45, 7) is 0. The summed E-state index contributed by atoms with van der Waals surface area (Å²) in [5.74, 6) is 0.585. The number of nitrogens with two attached hydrogens (primary N) is 1. The van der Waals surface area contributed by atoms with Crippen LogP contribution in [-0.4, -0.2) is 51.6 Å². The Morgan fingerprint density at radius 2 is 2.13 bits per heavy atom. The summed E-state index contributed by atoms with van der Waals surface area (Å²) in [5.41, 5.74) is 9.24. The molecular formula is C18H16N8O4S.